The summed E-state index contributed by atoms with van der Waals surface area (Å²) < 4.78 is 16.0. The number of nitrogens with zero attached hydrogens (tertiary/aromatic N) is 1. The predicted octanol–water partition coefficient (Wildman–Crippen LogP) is 6.20. The largest absolute Gasteiger partial charge is 0.458 e. The molecule has 0 radical (unpaired) electrons. The Balaban J connectivity index is 1.56. The van der Waals surface area contributed by atoms with Crippen molar-refractivity contribution < 1.29 is 9.47 Å². The fraction of sp³-hybridized carbons (Fsp3) is 0.0909. The maximum absolute atomic E-state index is 6.97. The molecular formula is C33H20BNO2. The van der Waals surface area contributed by atoms with E-state index in [1.165, 1.54) is 60.1 Å². The lowest BCUT2D eigenvalue weighted by Crippen LogP contribution is -2.64. The number of fused-ring (bicyclic) bond motifs is 8. The van der Waals surface area contributed by atoms with Crippen molar-refractivity contribution in [3.63, 3.8) is 0 Å². The molecule has 0 bridgehead atoms. The van der Waals surface area contributed by atoms with Crippen molar-refractivity contribution in [3.05, 3.63) is 96.1 Å². The van der Waals surface area contributed by atoms with E-state index in [0.717, 1.165) is 28.5 Å². The van der Waals surface area contributed by atoms with E-state index >= 15 is 0 Å². The van der Waals surface area contributed by atoms with Crippen molar-refractivity contribution >= 4 is 61.2 Å². The first-order chi connectivity index (χ1) is 18.1. The first-order valence-corrected chi connectivity index (χ1v) is 13.0. The molecule has 172 valence electrons. The molecule has 10 rings (SSSR count). The Kier molecular flexibility index (Phi) is 2.92. The third-order valence-corrected chi connectivity index (χ3v) is 9.21. The van der Waals surface area contributed by atoms with Gasteiger partial charge in [-0.25, -0.2) is 0 Å². The number of benzene rings is 5. The Hall–Kier alpha value is -4.44. The smallest absolute Gasteiger partial charge is 0.261 e. The monoisotopic (exact) mass is 473 g/mol. The molecule has 2 aromatic heterocycles. The normalized spacial score (nSPS) is 15.9. The zero-order valence-corrected chi connectivity index (χ0v) is 20.4. The molecule has 3 aliphatic heterocycles. The lowest BCUT2D eigenvalue weighted by Gasteiger charge is -2.44. The molecule has 7 aromatic rings. The zero-order valence-electron chi connectivity index (χ0n) is 20.4. The van der Waals surface area contributed by atoms with Crippen LogP contribution in [0.4, 0.5) is 0 Å². The summed E-state index contributed by atoms with van der Waals surface area (Å²) in [6, 6.07) is 30.5. The third kappa shape index (κ3) is 1.87. The van der Waals surface area contributed by atoms with Crippen LogP contribution < -0.4 is 25.9 Å². The zero-order chi connectivity index (χ0) is 24.2. The van der Waals surface area contributed by atoms with Gasteiger partial charge in [-0.1, -0.05) is 68.4 Å². The van der Waals surface area contributed by atoms with Gasteiger partial charge in [0.15, 0.2) is 0 Å². The average molecular weight is 473 g/mol. The molecule has 0 fully saturated rings. The molecule has 0 aliphatic carbocycles. The highest BCUT2D eigenvalue weighted by atomic mass is 16.5. The lowest BCUT2D eigenvalue weighted by atomic mass is 9.29. The van der Waals surface area contributed by atoms with Crippen LogP contribution in [0.25, 0.3) is 38.1 Å². The van der Waals surface area contributed by atoms with Gasteiger partial charge in [0.05, 0.1) is 21.9 Å². The highest BCUT2D eigenvalue weighted by molar-refractivity contribution is 6.99. The summed E-state index contributed by atoms with van der Waals surface area (Å²) in [4.78, 5) is 0. The van der Waals surface area contributed by atoms with Gasteiger partial charge in [0.2, 0.25) is 0 Å². The maximum atomic E-state index is 6.97. The van der Waals surface area contributed by atoms with E-state index < -0.39 is 0 Å². The third-order valence-electron chi connectivity index (χ3n) is 9.21. The second-order valence-corrected chi connectivity index (χ2v) is 11.2. The summed E-state index contributed by atoms with van der Waals surface area (Å²) >= 11 is 0. The van der Waals surface area contributed by atoms with Crippen LogP contribution in [0, 0.1) is 0 Å². The van der Waals surface area contributed by atoms with Gasteiger partial charge < -0.3 is 13.9 Å². The molecule has 37 heavy (non-hydrogen) atoms. The Morgan fingerprint density at radius 2 is 1.24 bits per heavy atom. The predicted molar refractivity (Wildman–Crippen MR) is 151 cm³/mol. The quantitative estimate of drug-likeness (QED) is 0.245. The molecule has 5 aromatic carbocycles. The minimum Gasteiger partial charge on any atom is -0.458 e. The summed E-state index contributed by atoms with van der Waals surface area (Å²) in [6.07, 6.45) is 0. The summed E-state index contributed by atoms with van der Waals surface area (Å²) in [5, 5.41) is 5.14. The van der Waals surface area contributed by atoms with E-state index in [2.05, 4.69) is 97.1 Å². The molecule has 4 heteroatoms. The highest BCUT2D eigenvalue weighted by Crippen LogP contribution is 2.52. The minimum absolute atomic E-state index is 0.0912. The second kappa shape index (κ2) is 5.76. The molecule has 3 aliphatic rings. The molecule has 0 spiro atoms. The van der Waals surface area contributed by atoms with Gasteiger partial charge in [0.25, 0.3) is 6.71 Å². The first kappa shape index (κ1) is 18.8. The van der Waals surface area contributed by atoms with Crippen LogP contribution in [0.15, 0.2) is 84.9 Å². The van der Waals surface area contributed by atoms with E-state index in [1.807, 2.05) is 6.07 Å². The van der Waals surface area contributed by atoms with Gasteiger partial charge in [-0.3, -0.25) is 0 Å². The topological polar surface area (TPSA) is 22.9 Å². The Morgan fingerprint density at radius 3 is 2.00 bits per heavy atom. The molecular weight excluding hydrogens is 453 g/mol. The van der Waals surface area contributed by atoms with E-state index in [-0.39, 0.29) is 12.1 Å². The van der Waals surface area contributed by atoms with Crippen molar-refractivity contribution in [1.29, 1.82) is 0 Å². The first-order valence-electron chi connectivity index (χ1n) is 13.0. The lowest BCUT2D eigenvalue weighted by molar-refractivity contribution is 0.463. The van der Waals surface area contributed by atoms with Crippen molar-refractivity contribution in [2.24, 2.45) is 0 Å². The summed E-state index contributed by atoms with van der Waals surface area (Å²) in [5.74, 6) is 3.80. The van der Waals surface area contributed by atoms with Gasteiger partial charge in [-0.2, -0.15) is 0 Å². The van der Waals surface area contributed by atoms with Gasteiger partial charge in [-0.05, 0) is 52.4 Å². The van der Waals surface area contributed by atoms with E-state index in [4.69, 9.17) is 9.47 Å². The summed E-state index contributed by atoms with van der Waals surface area (Å²) in [6.45, 7) is 4.84. The van der Waals surface area contributed by atoms with Crippen LogP contribution in [-0.2, 0) is 5.41 Å². The number of hydrogen-bond donors (Lipinski definition) is 0. The highest BCUT2D eigenvalue weighted by Gasteiger charge is 2.51. The SMILES string of the molecule is CC1(C)c2cccc3c2B2c4c(cccc4Oc4c2c1c1c2ccccc2n2c5ccccc5c4c12)O3. The van der Waals surface area contributed by atoms with Crippen LogP contribution in [-0.4, -0.2) is 11.1 Å². The maximum Gasteiger partial charge on any atom is 0.261 e. The van der Waals surface area contributed by atoms with Gasteiger partial charge in [0, 0.05) is 27.0 Å². The van der Waals surface area contributed by atoms with E-state index in [9.17, 15) is 0 Å². The van der Waals surface area contributed by atoms with Crippen LogP contribution in [0.1, 0.15) is 25.0 Å². The molecule has 0 unspecified atom stereocenters. The number of rotatable bonds is 0. The van der Waals surface area contributed by atoms with Gasteiger partial charge in [-0.15, -0.1) is 0 Å². The molecule has 3 nitrogen and oxygen atoms in total. The Labute approximate surface area is 213 Å². The average Bonchev–Trinajstić information content (AvgIpc) is 3.43. The van der Waals surface area contributed by atoms with Crippen molar-refractivity contribution in [1.82, 2.24) is 4.40 Å². The molecule has 0 saturated carbocycles. The summed E-state index contributed by atoms with van der Waals surface area (Å²) in [7, 11) is 0. The number of aromatic nitrogens is 1. The molecule has 0 atom stereocenters. The Bertz CT molecular complexity index is 2190. The second-order valence-electron chi connectivity index (χ2n) is 11.2. The van der Waals surface area contributed by atoms with Crippen molar-refractivity contribution in [3.8, 4) is 23.0 Å². The molecule has 5 heterocycles. The van der Waals surface area contributed by atoms with Crippen molar-refractivity contribution in [2.45, 2.75) is 19.3 Å². The molecule has 0 saturated heterocycles. The summed E-state index contributed by atoms with van der Waals surface area (Å²) in [5.41, 5.74) is 10.0. The van der Waals surface area contributed by atoms with Crippen LogP contribution in [0.3, 0.4) is 0 Å². The van der Waals surface area contributed by atoms with Crippen LogP contribution >= 0.6 is 0 Å². The van der Waals surface area contributed by atoms with E-state index in [1.54, 1.807) is 0 Å². The fourth-order valence-corrected chi connectivity index (χ4v) is 7.89. The number of para-hydroxylation sites is 2. The number of hydrogen-bond acceptors (Lipinski definition) is 2. The van der Waals surface area contributed by atoms with Gasteiger partial charge >= 0.3 is 0 Å². The molecule has 0 amide bonds. The minimum atomic E-state index is -0.231. The van der Waals surface area contributed by atoms with E-state index in [0.29, 0.717) is 0 Å². The Morgan fingerprint density at radius 1 is 0.622 bits per heavy atom. The molecule has 0 N–H and O–H groups in total. The fourth-order valence-electron chi connectivity index (χ4n) is 7.89. The number of ether oxygens (including phenoxy) is 2. The van der Waals surface area contributed by atoms with Crippen molar-refractivity contribution in [2.75, 3.05) is 0 Å². The van der Waals surface area contributed by atoms with Gasteiger partial charge in [0.1, 0.15) is 23.0 Å². The standard InChI is InChI=1S/C33H20BNO2/c1-33(2)19-11-7-14-22-28(19)34-29-23(36-22)15-8-16-24(29)37-32-26-18-10-4-6-13-21(18)35-20-12-5-3-9-17(20)25(31(26)35)27(33)30(32)34/h3-16H,1-2H3. The van der Waals surface area contributed by atoms with Crippen LogP contribution in [0.2, 0.25) is 0 Å². The van der Waals surface area contributed by atoms with Crippen LogP contribution in [0.5, 0.6) is 23.0 Å².